The van der Waals surface area contributed by atoms with Gasteiger partial charge in [-0.15, -0.1) is 0 Å². The number of hydrogen-bond donors (Lipinski definition) is 1. The summed E-state index contributed by atoms with van der Waals surface area (Å²) in [4.78, 5) is 4.41. The Kier molecular flexibility index (Phi) is 3.50. The van der Waals surface area contributed by atoms with Crippen LogP contribution in [0.1, 0.15) is 11.3 Å². The first-order valence-electron chi connectivity index (χ1n) is 5.61. The average molecular weight is 250 g/mol. The van der Waals surface area contributed by atoms with Gasteiger partial charge in [0.1, 0.15) is 5.82 Å². The van der Waals surface area contributed by atoms with Gasteiger partial charge in [0, 0.05) is 19.0 Å². The number of imidazole rings is 1. The SMILES string of the molecule is Cc1cccc(-c2nc(Cl)c(CCN)n2C)c1. The predicted molar refractivity (Wildman–Crippen MR) is 71.1 cm³/mol. The Bertz CT molecular complexity index is 531. The lowest BCUT2D eigenvalue weighted by molar-refractivity contribution is 0.811. The van der Waals surface area contributed by atoms with Crippen LogP contribution >= 0.6 is 11.6 Å². The van der Waals surface area contributed by atoms with Gasteiger partial charge in [-0.1, -0.05) is 35.4 Å². The van der Waals surface area contributed by atoms with Crippen molar-refractivity contribution in [2.24, 2.45) is 12.8 Å². The van der Waals surface area contributed by atoms with E-state index in [2.05, 4.69) is 24.0 Å². The number of nitrogens with two attached hydrogens (primary N) is 1. The third kappa shape index (κ3) is 2.35. The molecule has 0 amide bonds. The molecule has 0 fully saturated rings. The van der Waals surface area contributed by atoms with Crippen LogP contribution in [-0.2, 0) is 13.5 Å². The fourth-order valence-electron chi connectivity index (χ4n) is 1.95. The minimum atomic E-state index is 0.550. The Morgan fingerprint density at radius 1 is 1.41 bits per heavy atom. The van der Waals surface area contributed by atoms with E-state index < -0.39 is 0 Å². The molecule has 0 aliphatic heterocycles. The smallest absolute Gasteiger partial charge is 0.151 e. The topological polar surface area (TPSA) is 43.8 Å². The van der Waals surface area contributed by atoms with E-state index in [1.54, 1.807) is 0 Å². The second-order valence-electron chi connectivity index (χ2n) is 4.14. The number of rotatable bonds is 3. The van der Waals surface area contributed by atoms with E-state index in [9.17, 15) is 0 Å². The van der Waals surface area contributed by atoms with Crippen molar-refractivity contribution in [3.05, 3.63) is 40.7 Å². The van der Waals surface area contributed by atoms with Crippen LogP contribution in [0, 0.1) is 6.92 Å². The summed E-state index contributed by atoms with van der Waals surface area (Å²) in [7, 11) is 1.97. The molecule has 0 bridgehead atoms. The van der Waals surface area contributed by atoms with Gasteiger partial charge in [0.15, 0.2) is 5.15 Å². The van der Waals surface area contributed by atoms with Gasteiger partial charge in [-0.2, -0.15) is 0 Å². The lowest BCUT2D eigenvalue weighted by Gasteiger charge is -2.05. The average Bonchev–Trinajstić information content (AvgIpc) is 2.57. The van der Waals surface area contributed by atoms with Gasteiger partial charge in [-0.3, -0.25) is 0 Å². The third-order valence-corrected chi connectivity index (χ3v) is 3.12. The molecule has 0 unspecified atom stereocenters. The van der Waals surface area contributed by atoms with Crippen LogP contribution in [0.4, 0.5) is 0 Å². The molecule has 1 heterocycles. The first-order chi connectivity index (χ1) is 8.13. The van der Waals surface area contributed by atoms with Crippen molar-refractivity contribution in [3.8, 4) is 11.4 Å². The Hall–Kier alpha value is -1.32. The van der Waals surface area contributed by atoms with Gasteiger partial charge in [0.25, 0.3) is 0 Å². The molecule has 1 aromatic carbocycles. The van der Waals surface area contributed by atoms with E-state index >= 15 is 0 Å². The van der Waals surface area contributed by atoms with Gasteiger partial charge in [-0.25, -0.2) is 4.98 Å². The highest BCUT2D eigenvalue weighted by molar-refractivity contribution is 6.30. The number of halogens is 1. The Morgan fingerprint density at radius 2 is 2.18 bits per heavy atom. The summed E-state index contributed by atoms with van der Waals surface area (Å²) in [6, 6.07) is 8.23. The zero-order chi connectivity index (χ0) is 12.4. The first-order valence-corrected chi connectivity index (χ1v) is 5.99. The number of nitrogens with zero attached hydrogens (tertiary/aromatic N) is 2. The number of hydrogen-bond acceptors (Lipinski definition) is 2. The number of aryl methyl sites for hydroxylation is 1. The molecule has 0 radical (unpaired) electrons. The molecular weight excluding hydrogens is 234 g/mol. The van der Waals surface area contributed by atoms with E-state index in [-0.39, 0.29) is 0 Å². The van der Waals surface area contributed by atoms with Crippen LogP contribution in [0.15, 0.2) is 24.3 Å². The molecular formula is C13H16ClN3. The van der Waals surface area contributed by atoms with Gasteiger partial charge in [-0.05, 0) is 19.5 Å². The highest BCUT2D eigenvalue weighted by atomic mass is 35.5. The van der Waals surface area contributed by atoms with Crippen molar-refractivity contribution in [1.29, 1.82) is 0 Å². The first kappa shape index (κ1) is 12.1. The number of aromatic nitrogens is 2. The van der Waals surface area contributed by atoms with Crippen molar-refractivity contribution in [3.63, 3.8) is 0 Å². The Balaban J connectivity index is 2.50. The lowest BCUT2D eigenvalue weighted by Crippen LogP contribution is -2.07. The summed E-state index contributed by atoms with van der Waals surface area (Å²) in [6.07, 6.45) is 0.744. The van der Waals surface area contributed by atoms with Crippen molar-refractivity contribution < 1.29 is 0 Å². The fraction of sp³-hybridized carbons (Fsp3) is 0.308. The third-order valence-electron chi connectivity index (χ3n) is 2.82. The zero-order valence-corrected chi connectivity index (χ0v) is 10.8. The summed E-state index contributed by atoms with van der Waals surface area (Å²) in [5, 5.41) is 0.550. The summed E-state index contributed by atoms with van der Waals surface area (Å²) < 4.78 is 2.02. The minimum absolute atomic E-state index is 0.550. The summed E-state index contributed by atoms with van der Waals surface area (Å²) >= 11 is 6.13. The van der Waals surface area contributed by atoms with Crippen LogP contribution in [-0.4, -0.2) is 16.1 Å². The zero-order valence-electron chi connectivity index (χ0n) is 10.1. The second-order valence-corrected chi connectivity index (χ2v) is 4.50. The van der Waals surface area contributed by atoms with Crippen LogP contribution in [0.5, 0.6) is 0 Å². The van der Waals surface area contributed by atoms with Gasteiger partial charge >= 0.3 is 0 Å². The fourth-order valence-corrected chi connectivity index (χ4v) is 2.25. The van der Waals surface area contributed by atoms with E-state index in [1.165, 1.54) is 5.56 Å². The highest BCUT2D eigenvalue weighted by Crippen LogP contribution is 2.25. The monoisotopic (exact) mass is 249 g/mol. The van der Waals surface area contributed by atoms with Crippen molar-refractivity contribution in [2.75, 3.05) is 6.54 Å². The molecule has 0 spiro atoms. The molecule has 3 nitrogen and oxygen atoms in total. The minimum Gasteiger partial charge on any atom is -0.330 e. The molecule has 0 aliphatic carbocycles. The standard InChI is InChI=1S/C13H16ClN3/c1-9-4-3-5-10(8-9)13-16-12(14)11(6-7-15)17(13)2/h3-5,8H,6-7,15H2,1-2H3. The molecule has 2 aromatic rings. The molecule has 0 saturated heterocycles. The quantitative estimate of drug-likeness (QED) is 0.909. The molecule has 2 N–H and O–H groups in total. The van der Waals surface area contributed by atoms with Crippen molar-refractivity contribution >= 4 is 11.6 Å². The molecule has 1 aromatic heterocycles. The molecule has 2 rings (SSSR count). The maximum atomic E-state index is 6.13. The molecule has 17 heavy (non-hydrogen) atoms. The van der Waals surface area contributed by atoms with E-state index in [4.69, 9.17) is 17.3 Å². The van der Waals surface area contributed by atoms with Crippen LogP contribution in [0.25, 0.3) is 11.4 Å². The summed E-state index contributed by atoms with van der Waals surface area (Å²) in [5.41, 5.74) is 8.85. The largest absolute Gasteiger partial charge is 0.330 e. The lowest BCUT2D eigenvalue weighted by atomic mass is 10.1. The highest BCUT2D eigenvalue weighted by Gasteiger charge is 2.13. The second kappa shape index (κ2) is 4.90. The van der Waals surface area contributed by atoms with E-state index in [0.717, 1.165) is 23.5 Å². The summed E-state index contributed by atoms with van der Waals surface area (Å²) in [6.45, 7) is 2.64. The summed E-state index contributed by atoms with van der Waals surface area (Å²) in [5.74, 6) is 0.891. The maximum absolute atomic E-state index is 6.13. The molecule has 4 heteroatoms. The predicted octanol–water partition coefficient (Wildman–Crippen LogP) is 2.55. The van der Waals surface area contributed by atoms with Crippen molar-refractivity contribution in [1.82, 2.24) is 9.55 Å². The van der Waals surface area contributed by atoms with Crippen LogP contribution in [0.3, 0.4) is 0 Å². The van der Waals surface area contributed by atoms with Gasteiger partial charge < -0.3 is 10.3 Å². The van der Waals surface area contributed by atoms with E-state index in [1.807, 2.05) is 23.7 Å². The van der Waals surface area contributed by atoms with Gasteiger partial charge in [0.05, 0.1) is 5.69 Å². The number of benzene rings is 1. The van der Waals surface area contributed by atoms with Gasteiger partial charge in [0.2, 0.25) is 0 Å². The van der Waals surface area contributed by atoms with Crippen LogP contribution < -0.4 is 5.73 Å². The molecule has 0 saturated carbocycles. The Morgan fingerprint density at radius 3 is 2.82 bits per heavy atom. The molecule has 0 aliphatic rings. The molecule has 0 atom stereocenters. The normalized spacial score (nSPS) is 10.8. The Labute approximate surface area is 106 Å². The maximum Gasteiger partial charge on any atom is 0.151 e. The van der Waals surface area contributed by atoms with Crippen LogP contribution in [0.2, 0.25) is 5.15 Å². The van der Waals surface area contributed by atoms with Crippen molar-refractivity contribution in [2.45, 2.75) is 13.3 Å². The molecule has 90 valence electrons. The van der Waals surface area contributed by atoms with E-state index in [0.29, 0.717) is 11.7 Å².